The minimum Gasteiger partial charge on any atom is -0.309 e. The highest BCUT2D eigenvalue weighted by Crippen LogP contribution is 2.61. The van der Waals surface area contributed by atoms with Crippen LogP contribution in [0, 0.1) is 17.8 Å². The third kappa shape index (κ3) is 4.20. The predicted molar refractivity (Wildman–Crippen MR) is 227 cm³/mol. The number of rotatable bonds is 4. The Labute approximate surface area is 319 Å². The van der Waals surface area contributed by atoms with E-state index >= 15 is 0 Å². The van der Waals surface area contributed by atoms with Crippen molar-refractivity contribution in [1.82, 2.24) is 18.7 Å². The maximum atomic E-state index is 5.07. The van der Waals surface area contributed by atoms with Gasteiger partial charge in [-0.3, -0.25) is 4.57 Å². The molecule has 4 fully saturated rings. The van der Waals surface area contributed by atoms with Gasteiger partial charge < -0.3 is 9.13 Å². The molecule has 4 heteroatoms. The molecule has 6 aromatic carbocycles. The summed E-state index contributed by atoms with van der Waals surface area (Å²) >= 11 is 0. The SMILES string of the molecule is c1ccc2c(c1)c1ccccc1n2-c1ccc2c(c1)c1ccccc1n2-c1cc(-n2c3ccccc3c3cc(C45CC6CC(CC(C6)C4)C5)ccc32)ccn1. The van der Waals surface area contributed by atoms with Crippen molar-refractivity contribution in [3.05, 3.63) is 157 Å². The zero-order chi connectivity index (χ0) is 35.8. The van der Waals surface area contributed by atoms with E-state index in [-0.39, 0.29) is 0 Å². The van der Waals surface area contributed by atoms with E-state index in [1.54, 1.807) is 5.56 Å². The van der Waals surface area contributed by atoms with E-state index in [9.17, 15) is 0 Å². The number of nitrogens with zero attached hydrogens (tertiary/aromatic N) is 4. The highest BCUT2D eigenvalue weighted by Gasteiger charge is 2.51. The van der Waals surface area contributed by atoms with Crippen LogP contribution < -0.4 is 0 Å². The first-order chi connectivity index (χ1) is 27.2. The summed E-state index contributed by atoms with van der Waals surface area (Å²) in [6.45, 7) is 0. The third-order valence-corrected chi connectivity index (χ3v) is 14.0. The smallest absolute Gasteiger partial charge is 0.139 e. The van der Waals surface area contributed by atoms with Crippen molar-refractivity contribution in [1.29, 1.82) is 0 Å². The van der Waals surface area contributed by atoms with Crippen molar-refractivity contribution in [2.75, 3.05) is 0 Å². The van der Waals surface area contributed by atoms with Crippen LogP contribution in [0.2, 0.25) is 0 Å². The van der Waals surface area contributed by atoms with Gasteiger partial charge in [-0.25, -0.2) is 4.98 Å². The van der Waals surface area contributed by atoms with Crippen molar-refractivity contribution in [3.8, 4) is 17.2 Å². The Kier molecular flexibility index (Phi) is 6.03. The zero-order valence-electron chi connectivity index (χ0n) is 30.7. The van der Waals surface area contributed by atoms with Gasteiger partial charge in [0.15, 0.2) is 0 Å². The lowest BCUT2D eigenvalue weighted by Gasteiger charge is -2.57. The van der Waals surface area contributed by atoms with E-state index in [2.05, 4.69) is 159 Å². The van der Waals surface area contributed by atoms with Crippen LogP contribution in [-0.4, -0.2) is 18.7 Å². The first kappa shape index (κ1) is 30.2. The van der Waals surface area contributed by atoms with E-state index in [4.69, 9.17) is 4.98 Å². The number of hydrogen-bond acceptors (Lipinski definition) is 1. The Balaban J connectivity index is 0.980. The van der Waals surface area contributed by atoms with Gasteiger partial charge in [0.1, 0.15) is 5.82 Å². The summed E-state index contributed by atoms with van der Waals surface area (Å²) in [5.74, 6) is 3.71. The Morgan fingerprint density at radius 1 is 0.400 bits per heavy atom. The fourth-order valence-electron chi connectivity index (χ4n) is 12.3. The summed E-state index contributed by atoms with van der Waals surface area (Å²) in [6, 6.07) is 54.2. The summed E-state index contributed by atoms with van der Waals surface area (Å²) in [5, 5.41) is 7.69. The number of pyridine rings is 1. The van der Waals surface area contributed by atoms with Gasteiger partial charge in [-0.1, -0.05) is 78.9 Å². The van der Waals surface area contributed by atoms with Gasteiger partial charge in [-0.2, -0.15) is 0 Å². The third-order valence-electron chi connectivity index (χ3n) is 14.0. The predicted octanol–water partition coefficient (Wildman–Crippen LogP) is 12.8. The molecule has 0 saturated heterocycles. The zero-order valence-corrected chi connectivity index (χ0v) is 30.7. The molecule has 0 aliphatic heterocycles. The molecule has 4 bridgehead atoms. The first-order valence-electron chi connectivity index (χ1n) is 20.2. The average Bonchev–Trinajstić information content (AvgIpc) is 3.86. The van der Waals surface area contributed by atoms with Gasteiger partial charge in [0, 0.05) is 50.3 Å². The molecule has 10 aromatic rings. The van der Waals surface area contributed by atoms with Crippen LogP contribution in [0.5, 0.6) is 0 Å². The van der Waals surface area contributed by atoms with Crippen molar-refractivity contribution < 1.29 is 0 Å². The summed E-state index contributed by atoms with van der Waals surface area (Å²) in [7, 11) is 0. The Morgan fingerprint density at radius 3 is 1.42 bits per heavy atom. The molecule has 4 aliphatic carbocycles. The quantitative estimate of drug-likeness (QED) is 0.179. The Morgan fingerprint density at radius 2 is 0.836 bits per heavy atom. The van der Waals surface area contributed by atoms with Crippen molar-refractivity contribution >= 4 is 65.4 Å². The molecule has 0 amide bonds. The molecule has 0 N–H and O–H groups in total. The molecule has 4 heterocycles. The fourth-order valence-corrected chi connectivity index (χ4v) is 12.3. The minimum absolute atomic E-state index is 0.369. The molecule has 4 aliphatic rings. The molecule has 0 atom stereocenters. The summed E-state index contributed by atoms with van der Waals surface area (Å²) in [4.78, 5) is 5.07. The second-order valence-electron chi connectivity index (χ2n) is 17.1. The molecular formula is C51H40N4. The van der Waals surface area contributed by atoms with E-state index in [0.717, 1.165) is 46.0 Å². The van der Waals surface area contributed by atoms with Crippen LogP contribution in [0.3, 0.4) is 0 Å². The number of hydrogen-bond donors (Lipinski definition) is 0. The number of fused-ring (bicyclic) bond motifs is 9. The number of aromatic nitrogens is 4. The average molecular weight is 709 g/mol. The fraction of sp³-hybridized carbons (Fsp3) is 0.196. The van der Waals surface area contributed by atoms with Gasteiger partial charge in [-0.15, -0.1) is 0 Å². The molecule has 0 radical (unpaired) electrons. The van der Waals surface area contributed by atoms with Crippen molar-refractivity contribution in [2.24, 2.45) is 17.8 Å². The van der Waals surface area contributed by atoms with Gasteiger partial charge >= 0.3 is 0 Å². The molecule has 4 nitrogen and oxygen atoms in total. The Bertz CT molecular complexity index is 3120. The highest BCUT2D eigenvalue weighted by molar-refractivity contribution is 6.13. The topological polar surface area (TPSA) is 27.7 Å². The summed E-state index contributed by atoms with van der Waals surface area (Å²) in [6.07, 6.45) is 10.6. The molecule has 14 rings (SSSR count). The second-order valence-corrected chi connectivity index (χ2v) is 17.1. The van der Waals surface area contributed by atoms with E-state index in [1.807, 2.05) is 6.20 Å². The molecule has 0 unspecified atom stereocenters. The van der Waals surface area contributed by atoms with Gasteiger partial charge in [0.05, 0.1) is 38.8 Å². The maximum absolute atomic E-state index is 5.07. The van der Waals surface area contributed by atoms with Gasteiger partial charge in [-0.05, 0) is 128 Å². The van der Waals surface area contributed by atoms with Crippen LogP contribution in [0.25, 0.3) is 82.6 Å². The minimum atomic E-state index is 0.369. The Hall–Kier alpha value is -6.13. The number of para-hydroxylation sites is 4. The molecule has 4 aromatic heterocycles. The molecule has 4 saturated carbocycles. The standard InChI is InChI=1S/C51H40N4/c1-5-13-44-38(9-1)39-10-2-6-14-45(39)53(44)36-18-20-49-43(27-36)41-12-4-8-16-47(41)55(49)50-28-37(21-22-52-50)54-46-15-7-3-11-40(46)42-26-35(17-19-48(42)54)51-29-32-23-33(30-51)25-34(24-32)31-51/h1-22,26-28,32-34H,23-25,29-31H2. The van der Waals surface area contributed by atoms with Crippen LogP contribution in [0.4, 0.5) is 0 Å². The van der Waals surface area contributed by atoms with Crippen LogP contribution in [0.1, 0.15) is 44.1 Å². The maximum Gasteiger partial charge on any atom is 0.139 e. The molecule has 55 heavy (non-hydrogen) atoms. The summed E-state index contributed by atoms with van der Waals surface area (Å²) in [5.41, 5.74) is 11.5. The lowest BCUT2D eigenvalue weighted by atomic mass is 9.48. The highest BCUT2D eigenvalue weighted by atomic mass is 15.1. The van der Waals surface area contributed by atoms with Gasteiger partial charge in [0.25, 0.3) is 0 Å². The lowest BCUT2D eigenvalue weighted by Crippen LogP contribution is -2.48. The number of benzene rings is 6. The molecule has 0 spiro atoms. The second kappa shape index (κ2) is 11.0. The van der Waals surface area contributed by atoms with E-state index in [1.165, 1.54) is 92.9 Å². The van der Waals surface area contributed by atoms with Crippen molar-refractivity contribution in [3.63, 3.8) is 0 Å². The molecular weight excluding hydrogens is 669 g/mol. The summed E-state index contributed by atoms with van der Waals surface area (Å²) < 4.78 is 7.22. The monoisotopic (exact) mass is 708 g/mol. The van der Waals surface area contributed by atoms with Crippen LogP contribution in [0.15, 0.2) is 152 Å². The van der Waals surface area contributed by atoms with E-state index in [0.29, 0.717) is 5.41 Å². The van der Waals surface area contributed by atoms with E-state index < -0.39 is 0 Å². The van der Waals surface area contributed by atoms with Crippen LogP contribution in [-0.2, 0) is 5.41 Å². The van der Waals surface area contributed by atoms with Crippen molar-refractivity contribution in [2.45, 2.75) is 43.9 Å². The largest absolute Gasteiger partial charge is 0.309 e. The first-order valence-corrected chi connectivity index (χ1v) is 20.2. The molecule has 264 valence electrons. The lowest BCUT2D eigenvalue weighted by molar-refractivity contribution is -0.00512. The van der Waals surface area contributed by atoms with Crippen LogP contribution >= 0.6 is 0 Å². The van der Waals surface area contributed by atoms with Gasteiger partial charge in [0.2, 0.25) is 0 Å². The normalized spacial score (nSPS) is 22.0.